The first kappa shape index (κ1) is 16.9. The van der Waals surface area contributed by atoms with Crippen LogP contribution in [0.3, 0.4) is 0 Å². The summed E-state index contributed by atoms with van der Waals surface area (Å²) in [5.74, 6) is 1.48. The molecule has 1 aliphatic heterocycles. The lowest BCUT2D eigenvalue weighted by Crippen LogP contribution is -2.35. The van der Waals surface area contributed by atoms with E-state index in [-0.39, 0.29) is 18.0 Å². The highest BCUT2D eigenvalue weighted by molar-refractivity contribution is 4.88. The van der Waals surface area contributed by atoms with Crippen molar-refractivity contribution in [2.45, 2.75) is 78.3 Å². The molecular weight excluding hydrogens is 240 g/mol. The molecule has 1 heterocycles. The van der Waals surface area contributed by atoms with Crippen molar-refractivity contribution in [3.63, 3.8) is 0 Å². The summed E-state index contributed by atoms with van der Waals surface area (Å²) >= 11 is 0. The van der Waals surface area contributed by atoms with E-state index in [1.807, 2.05) is 0 Å². The van der Waals surface area contributed by atoms with Crippen molar-refractivity contribution in [3.8, 4) is 0 Å². The molecule has 0 aromatic rings. The van der Waals surface area contributed by atoms with Gasteiger partial charge in [-0.05, 0) is 32.1 Å². The maximum atomic E-state index is 6.03. The van der Waals surface area contributed by atoms with Gasteiger partial charge in [-0.25, -0.2) is 0 Å². The van der Waals surface area contributed by atoms with E-state index in [1.54, 1.807) is 7.11 Å². The number of methoxy groups -OCH3 is 1. The summed E-state index contributed by atoms with van der Waals surface area (Å²) in [5.41, 5.74) is -0.206. The van der Waals surface area contributed by atoms with Crippen molar-refractivity contribution in [3.05, 3.63) is 0 Å². The van der Waals surface area contributed by atoms with Crippen LogP contribution in [0.5, 0.6) is 0 Å². The summed E-state index contributed by atoms with van der Waals surface area (Å²) in [5, 5.41) is 0. The van der Waals surface area contributed by atoms with Gasteiger partial charge in [0.25, 0.3) is 0 Å². The lowest BCUT2D eigenvalue weighted by atomic mass is 9.81. The topological polar surface area (TPSA) is 27.7 Å². The van der Waals surface area contributed by atoms with Gasteiger partial charge in [0, 0.05) is 7.11 Å². The predicted octanol–water partition coefficient (Wildman–Crippen LogP) is 4.01. The van der Waals surface area contributed by atoms with E-state index in [0.29, 0.717) is 12.5 Å². The fourth-order valence-electron chi connectivity index (χ4n) is 3.11. The minimum Gasteiger partial charge on any atom is -0.379 e. The highest BCUT2D eigenvalue weighted by Crippen LogP contribution is 2.36. The van der Waals surface area contributed by atoms with Crippen LogP contribution in [-0.2, 0) is 14.2 Å². The first-order valence-electron chi connectivity index (χ1n) is 7.76. The molecule has 1 aliphatic rings. The third-order valence-electron chi connectivity index (χ3n) is 4.42. The molecule has 19 heavy (non-hydrogen) atoms. The average Bonchev–Trinajstić information content (AvgIpc) is 2.61. The van der Waals surface area contributed by atoms with Crippen molar-refractivity contribution in [2.75, 3.05) is 13.7 Å². The van der Waals surface area contributed by atoms with Crippen LogP contribution in [0.15, 0.2) is 0 Å². The predicted molar refractivity (Wildman–Crippen MR) is 78.2 cm³/mol. The molecule has 3 heteroatoms. The minimum atomic E-state index is -0.206. The van der Waals surface area contributed by atoms with Gasteiger partial charge in [0.15, 0.2) is 6.29 Å². The van der Waals surface area contributed by atoms with Gasteiger partial charge in [0.05, 0.1) is 18.3 Å². The largest absolute Gasteiger partial charge is 0.379 e. The van der Waals surface area contributed by atoms with Crippen LogP contribution >= 0.6 is 0 Å². The van der Waals surface area contributed by atoms with Crippen LogP contribution in [0.25, 0.3) is 0 Å². The summed E-state index contributed by atoms with van der Waals surface area (Å²) < 4.78 is 17.1. The molecule has 0 unspecified atom stereocenters. The minimum absolute atomic E-state index is 0.178. The van der Waals surface area contributed by atoms with Crippen LogP contribution in [0.1, 0.15) is 60.3 Å². The smallest absolute Gasteiger partial charge is 0.182 e. The van der Waals surface area contributed by atoms with Gasteiger partial charge in [-0.15, -0.1) is 0 Å². The van der Waals surface area contributed by atoms with Crippen molar-refractivity contribution < 1.29 is 14.2 Å². The van der Waals surface area contributed by atoms with E-state index >= 15 is 0 Å². The van der Waals surface area contributed by atoms with Gasteiger partial charge in [0.2, 0.25) is 0 Å². The average molecular weight is 272 g/mol. The van der Waals surface area contributed by atoms with Crippen molar-refractivity contribution in [1.29, 1.82) is 0 Å². The Balaban J connectivity index is 2.58. The molecule has 0 saturated carbocycles. The Kier molecular flexibility index (Phi) is 6.78. The van der Waals surface area contributed by atoms with Gasteiger partial charge < -0.3 is 14.2 Å². The van der Waals surface area contributed by atoms with Crippen LogP contribution in [0.2, 0.25) is 0 Å². The lowest BCUT2D eigenvalue weighted by molar-refractivity contribution is -0.115. The van der Waals surface area contributed by atoms with Crippen molar-refractivity contribution in [2.24, 2.45) is 11.8 Å². The van der Waals surface area contributed by atoms with E-state index in [4.69, 9.17) is 14.2 Å². The molecule has 0 radical (unpaired) electrons. The van der Waals surface area contributed by atoms with E-state index in [0.717, 1.165) is 12.3 Å². The van der Waals surface area contributed by atoms with Gasteiger partial charge in [-0.2, -0.15) is 0 Å². The molecule has 0 spiro atoms. The third kappa shape index (κ3) is 4.73. The van der Waals surface area contributed by atoms with Crippen LogP contribution < -0.4 is 0 Å². The molecule has 1 saturated heterocycles. The summed E-state index contributed by atoms with van der Waals surface area (Å²) in [6.07, 6.45) is 4.83. The van der Waals surface area contributed by atoms with Crippen LogP contribution in [0, 0.1) is 11.8 Å². The standard InChI is InChI=1S/C16H32O3/c1-7-9-12(3)13(8-2)10-14-16(4,5)19-15(18-14)11-17-6/h12-15H,7-11H2,1-6H3/t12-,13+,14+,15-/m1/s1. The zero-order valence-corrected chi connectivity index (χ0v) is 13.6. The van der Waals surface area contributed by atoms with Gasteiger partial charge in [-0.3, -0.25) is 0 Å². The second-order valence-electron chi connectivity index (χ2n) is 6.40. The molecular formula is C16H32O3. The first-order valence-corrected chi connectivity index (χ1v) is 7.76. The monoisotopic (exact) mass is 272 g/mol. The SMILES string of the molecule is CCC[C@@H](C)[C@@H](CC)C[C@@H]1O[C@@H](COC)OC1(C)C. The molecule has 4 atom stereocenters. The number of rotatable bonds is 8. The van der Waals surface area contributed by atoms with E-state index in [9.17, 15) is 0 Å². The third-order valence-corrected chi connectivity index (χ3v) is 4.42. The van der Waals surface area contributed by atoms with E-state index < -0.39 is 0 Å². The Morgan fingerprint density at radius 1 is 1.26 bits per heavy atom. The Morgan fingerprint density at radius 3 is 2.47 bits per heavy atom. The Hall–Kier alpha value is -0.120. The van der Waals surface area contributed by atoms with E-state index in [1.165, 1.54) is 19.3 Å². The fraction of sp³-hybridized carbons (Fsp3) is 1.00. The molecule has 1 rings (SSSR count). The van der Waals surface area contributed by atoms with Gasteiger partial charge >= 0.3 is 0 Å². The molecule has 1 fully saturated rings. The Labute approximate surface area is 119 Å². The second-order valence-corrected chi connectivity index (χ2v) is 6.40. The molecule has 0 amide bonds. The fourth-order valence-corrected chi connectivity index (χ4v) is 3.11. The van der Waals surface area contributed by atoms with Crippen molar-refractivity contribution >= 4 is 0 Å². The quantitative estimate of drug-likeness (QED) is 0.668. The number of hydrogen-bond donors (Lipinski definition) is 0. The second kappa shape index (κ2) is 7.61. The summed E-state index contributed by atoms with van der Waals surface area (Å²) in [4.78, 5) is 0. The number of ether oxygens (including phenoxy) is 3. The zero-order valence-electron chi connectivity index (χ0n) is 13.6. The molecule has 0 aliphatic carbocycles. The van der Waals surface area contributed by atoms with E-state index in [2.05, 4.69) is 34.6 Å². The summed E-state index contributed by atoms with van der Waals surface area (Å²) in [6, 6.07) is 0. The normalized spacial score (nSPS) is 29.4. The van der Waals surface area contributed by atoms with Gasteiger partial charge in [-0.1, -0.05) is 40.0 Å². The zero-order chi connectivity index (χ0) is 14.5. The molecule has 0 aromatic heterocycles. The summed E-state index contributed by atoms with van der Waals surface area (Å²) in [6.45, 7) is 11.7. The molecule has 114 valence electrons. The summed E-state index contributed by atoms with van der Waals surface area (Å²) in [7, 11) is 1.69. The highest BCUT2D eigenvalue weighted by Gasteiger charge is 2.43. The van der Waals surface area contributed by atoms with Gasteiger partial charge in [0.1, 0.15) is 0 Å². The molecule has 3 nitrogen and oxygen atoms in total. The maximum Gasteiger partial charge on any atom is 0.182 e. The number of hydrogen-bond acceptors (Lipinski definition) is 3. The van der Waals surface area contributed by atoms with Crippen molar-refractivity contribution in [1.82, 2.24) is 0 Å². The lowest BCUT2D eigenvalue weighted by Gasteiger charge is -2.30. The first-order chi connectivity index (χ1) is 8.94. The maximum absolute atomic E-state index is 6.03. The highest BCUT2D eigenvalue weighted by atomic mass is 16.8. The molecule has 0 N–H and O–H groups in total. The molecule has 0 bridgehead atoms. The molecule has 0 aromatic carbocycles. The van der Waals surface area contributed by atoms with Crippen LogP contribution in [0.4, 0.5) is 0 Å². The Bertz CT molecular complexity index is 252. The Morgan fingerprint density at radius 2 is 1.95 bits per heavy atom. The van der Waals surface area contributed by atoms with Crippen LogP contribution in [-0.4, -0.2) is 31.7 Å².